The highest BCUT2D eigenvalue weighted by atomic mass is 16.5. The number of ether oxygens (including phenoxy) is 1. The Kier molecular flexibility index (Phi) is 6.83. The molecule has 1 aliphatic heterocycles. The molecule has 0 bridgehead atoms. The Labute approximate surface area is 193 Å². The first-order valence-electron chi connectivity index (χ1n) is 11.1. The average Bonchev–Trinajstić information content (AvgIpc) is 3.12. The van der Waals surface area contributed by atoms with Crippen molar-refractivity contribution in [3.05, 3.63) is 101 Å². The number of rotatable bonds is 8. The third-order valence-electron chi connectivity index (χ3n) is 5.65. The van der Waals surface area contributed by atoms with Crippen LogP contribution in [-0.2, 0) is 16.0 Å². The highest BCUT2D eigenvalue weighted by Gasteiger charge is 2.45. The lowest BCUT2D eigenvalue weighted by atomic mass is 9.96. The standard InChI is InChI=1S/C27H26N2O4/c1-2-18-33-22-10-8-21(9-11-22)25(30)23-24(20-12-15-28-16-13-20)29(27(32)26(23)31)17-14-19-6-4-3-5-7-19/h3-13,15-16,24,30H,2,14,17-18H2,1H3/t24-/m1/s1. The Morgan fingerprint density at radius 3 is 2.36 bits per heavy atom. The van der Waals surface area contributed by atoms with Crippen molar-refractivity contribution in [3.63, 3.8) is 0 Å². The normalized spacial score (nSPS) is 17.4. The summed E-state index contributed by atoms with van der Waals surface area (Å²) in [6.07, 6.45) is 4.72. The van der Waals surface area contributed by atoms with E-state index < -0.39 is 17.7 Å². The number of aliphatic hydroxyl groups excluding tert-OH is 1. The number of carbonyl (C=O) groups excluding carboxylic acids is 2. The van der Waals surface area contributed by atoms with Gasteiger partial charge in [-0.2, -0.15) is 0 Å². The minimum atomic E-state index is -0.687. The monoisotopic (exact) mass is 442 g/mol. The lowest BCUT2D eigenvalue weighted by Gasteiger charge is -2.25. The fourth-order valence-electron chi connectivity index (χ4n) is 3.98. The summed E-state index contributed by atoms with van der Waals surface area (Å²) in [7, 11) is 0. The maximum absolute atomic E-state index is 13.1. The van der Waals surface area contributed by atoms with Crippen LogP contribution in [0.2, 0.25) is 0 Å². The summed E-state index contributed by atoms with van der Waals surface area (Å²) >= 11 is 0. The van der Waals surface area contributed by atoms with Crippen LogP contribution in [0.5, 0.6) is 5.75 Å². The second-order valence-electron chi connectivity index (χ2n) is 7.88. The number of amides is 1. The fraction of sp³-hybridized carbons (Fsp3) is 0.222. The highest BCUT2D eigenvalue weighted by Crippen LogP contribution is 2.39. The minimum Gasteiger partial charge on any atom is -0.507 e. The average molecular weight is 443 g/mol. The summed E-state index contributed by atoms with van der Waals surface area (Å²) in [5.41, 5.74) is 2.33. The van der Waals surface area contributed by atoms with Crippen LogP contribution >= 0.6 is 0 Å². The molecule has 168 valence electrons. The van der Waals surface area contributed by atoms with E-state index in [0.29, 0.717) is 30.9 Å². The van der Waals surface area contributed by atoms with Gasteiger partial charge in [-0.3, -0.25) is 14.6 Å². The van der Waals surface area contributed by atoms with Gasteiger partial charge in [0.05, 0.1) is 18.2 Å². The van der Waals surface area contributed by atoms with Crippen LogP contribution in [0.25, 0.3) is 5.76 Å². The number of Topliss-reactive ketones (excluding diaryl/α,β-unsaturated/α-hetero) is 1. The van der Waals surface area contributed by atoms with E-state index in [1.165, 1.54) is 4.90 Å². The van der Waals surface area contributed by atoms with Crippen molar-refractivity contribution in [2.24, 2.45) is 0 Å². The van der Waals surface area contributed by atoms with Gasteiger partial charge in [0.1, 0.15) is 11.5 Å². The summed E-state index contributed by atoms with van der Waals surface area (Å²) in [5.74, 6) is -0.812. The lowest BCUT2D eigenvalue weighted by Crippen LogP contribution is -2.31. The van der Waals surface area contributed by atoms with Crippen LogP contribution in [0.4, 0.5) is 0 Å². The molecule has 3 aromatic rings. The van der Waals surface area contributed by atoms with Gasteiger partial charge in [-0.25, -0.2) is 0 Å². The quantitative estimate of drug-likeness (QED) is 0.315. The second kappa shape index (κ2) is 10.1. The zero-order valence-electron chi connectivity index (χ0n) is 18.5. The molecule has 6 nitrogen and oxygen atoms in total. The van der Waals surface area contributed by atoms with Gasteiger partial charge in [0, 0.05) is 24.5 Å². The molecule has 6 heteroatoms. The van der Waals surface area contributed by atoms with Gasteiger partial charge in [0.25, 0.3) is 11.7 Å². The highest BCUT2D eigenvalue weighted by molar-refractivity contribution is 6.46. The number of hydrogen-bond donors (Lipinski definition) is 1. The first kappa shape index (κ1) is 22.3. The fourth-order valence-corrected chi connectivity index (χ4v) is 3.98. The van der Waals surface area contributed by atoms with Crippen LogP contribution < -0.4 is 4.74 Å². The van der Waals surface area contributed by atoms with E-state index in [0.717, 1.165) is 17.5 Å². The molecule has 1 amide bonds. The molecule has 1 aromatic heterocycles. The molecule has 2 heterocycles. The number of pyridine rings is 1. The lowest BCUT2D eigenvalue weighted by molar-refractivity contribution is -0.139. The Morgan fingerprint density at radius 2 is 1.70 bits per heavy atom. The largest absolute Gasteiger partial charge is 0.507 e. The van der Waals surface area contributed by atoms with E-state index >= 15 is 0 Å². The van der Waals surface area contributed by atoms with E-state index in [-0.39, 0.29) is 11.3 Å². The molecule has 0 unspecified atom stereocenters. The Hall–Kier alpha value is -3.93. The summed E-state index contributed by atoms with van der Waals surface area (Å²) in [6.45, 7) is 2.97. The van der Waals surface area contributed by atoms with Crippen molar-refractivity contribution in [1.82, 2.24) is 9.88 Å². The van der Waals surface area contributed by atoms with Crippen molar-refractivity contribution in [2.75, 3.05) is 13.2 Å². The number of carbonyl (C=O) groups is 2. The van der Waals surface area contributed by atoms with Gasteiger partial charge < -0.3 is 14.7 Å². The van der Waals surface area contributed by atoms with Crippen molar-refractivity contribution >= 4 is 17.4 Å². The maximum Gasteiger partial charge on any atom is 0.295 e. The Bertz CT molecular complexity index is 1140. The summed E-state index contributed by atoms with van der Waals surface area (Å²) < 4.78 is 5.60. The molecule has 0 radical (unpaired) electrons. The molecule has 0 aliphatic carbocycles. The summed E-state index contributed by atoms with van der Waals surface area (Å²) in [6, 6.07) is 19.5. The predicted molar refractivity (Wildman–Crippen MR) is 126 cm³/mol. The van der Waals surface area contributed by atoms with Gasteiger partial charge in [-0.15, -0.1) is 0 Å². The van der Waals surface area contributed by atoms with Crippen molar-refractivity contribution in [1.29, 1.82) is 0 Å². The molecule has 1 N–H and O–H groups in total. The summed E-state index contributed by atoms with van der Waals surface area (Å²) in [4.78, 5) is 31.7. The second-order valence-corrected chi connectivity index (χ2v) is 7.88. The number of nitrogens with zero attached hydrogens (tertiary/aromatic N) is 2. The zero-order valence-corrected chi connectivity index (χ0v) is 18.5. The molecule has 2 aromatic carbocycles. The van der Waals surface area contributed by atoms with E-state index in [9.17, 15) is 14.7 Å². The van der Waals surface area contributed by atoms with E-state index in [1.807, 2.05) is 37.3 Å². The molecular weight excluding hydrogens is 416 g/mol. The zero-order chi connectivity index (χ0) is 23.2. The number of ketones is 1. The SMILES string of the molecule is CCCOc1ccc(C(O)=C2C(=O)C(=O)N(CCc3ccccc3)[C@@H]2c2ccncc2)cc1. The third-order valence-corrected chi connectivity index (χ3v) is 5.65. The first-order valence-corrected chi connectivity index (χ1v) is 11.1. The van der Waals surface area contributed by atoms with Crippen LogP contribution in [0.1, 0.15) is 36.1 Å². The van der Waals surface area contributed by atoms with Gasteiger partial charge in [0.15, 0.2) is 0 Å². The number of aromatic nitrogens is 1. The molecule has 0 saturated carbocycles. The molecule has 1 fully saturated rings. The number of likely N-dealkylation sites (tertiary alicyclic amines) is 1. The maximum atomic E-state index is 13.1. The minimum absolute atomic E-state index is 0.0847. The topological polar surface area (TPSA) is 79.7 Å². The Balaban J connectivity index is 1.70. The van der Waals surface area contributed by atoms with Crippen LogP contribution in [-0.4, -0.2) is 39.8 Å². The van der Waals surface area contributed by atoms with Crippen LogP contribution in [0, 0.1) is 0 Å². The van der Waals surface area contributed by atoms with Crippen LogP contribution in [0.3, 0.4) is 0 Å². The van der Waals surface area contributed by atoms with Gasteiger partial charge >= 0.3 is 0 Å². The first-order chi connectivity index (χ1) is 16.1. The van der Waals surface area contributed by atoms with Gasteiger partial charge in [-0.1, -0.05) is 37.3 Å². The molecule has 33 heavy (non-hydrogen) atoms. The molecule has 4 rings (SSSR count). The number of aliphatic hydroxyl groups is 1. The third kappa shape index (κ3) is 4.80. The van der Waals surface area contributed by atoms with E-state index in [1.54, 1.807) is 48.8 Å². The Morgan fingerprint density at radius 1 is 1.00 bits per heavy atom. The summed E-state index contributed by atoms with van der Waals surface area (Å²) in [5, 5.41) is 11.1. The predicted octanol–water partition coefficient (Wildman–Crippen LogP) is 4.53. The molecular formula is C27H26N2O4. The van der Waals surface area contributed by atoms with Crippen molar-refractivity contribution < 1.29 is 19.4 Å². The molecule has 1 saturated heterocycles. The van der Waals surface area contributed by atoms with Crippen molar-refractivity contribution in [2.45, 2.75) is 25.8 Å². The molecule has 1 aliphatic rings. The van der Waals surface area contributed by atoms with E-state index in [2.05, 4.69) is 4.98 Å². The van der Waals surface area contributed by atoms with Gasteiger partial charge in [0.2, 0.25) is 0 Å². The smallest absolute Gasteiger partial charge is 0.295 e. The van der Waals surface area contributed by atoms with E-state index in [4.69, 9.17) is 4.74 Å². The van der Waals surface area contributed by atoms with Crippen LogP contribution in [0.15, 0.2) is 84.7 Å². The van der Waals surface area contributed by atoms with Gasteiger partial charge in [-0.05, 0) is 60.4 Å². The molecule has 1 atom stereocenters. The van der Waals surface area contributed by atoms with Crippen molar-refractivity contribution in [3.8, 4) is 5.75 Å². The number of hydrogen-bond acceptors (Lipinski definition) is 5. The number of benzene rings is 2. The molecule has 0 spiro atoms.